The number of nitrogens with one attached hydrogen (secondary N) is 1. The van der Waals surface area contributed by atoms with Crippen molar-refractivity contribution in [3.63, 3.8) is 0 Å². The third kappa shape index (κ3) is 5.18. The monoisotopic (exact) mass is 347 g/mol. The molecule has 19 heavy (non-hydrogen) atoms. The zero-order valence-electron chi connectivity index (χ0n) is 11.8. The second kappa shape index (κ2) is 8.64. The van der Waals surface area contributed by atoms with Crippen LogP contribution in [0.25, 0.3) is 0 Å². The molecule has 1 rings (SSSR count). The van der Waals surface area contributed by atoms with Crippen LogP contribution in [0.5, 0.6) is 0 Å². The zero-order chi connectivity index (χ0) is 14.3. The second-order valence-electron chi connectivity index (χ2n) is 4.46. The van der Waals surface area contributed by atoms with Crippen molar-refractivity contribution in [1.82, 2.24) is 9.78 Å². The fourth-order valence-electron chi connectivity index (χ4n) is 1.63. The highest BCUT2D eigenvalue weighted by atomic mass is 79.9. The number of hydrogen-bond donors (Lipinski definition) is 1. The molecule has 4 nitrogen and oxygen atoms in total. The van der Waals surface area contributed by atoms with Crippen LogP contribution in [-0.4, -0.2) is 27.3 Å². The van der Waals surface area contributed by atoms with E-state index in [-0.39, 0.29) is 5.56 Å². The number of aryl methyl sites for hydroxylation is 1. The predicted octanol–water partition coefficient (Wildman–Crippen LogP) is 3.36. The van der Waals surface area contributed by atoms with E-state index >= 15 is 0 Å². The van der Waals surface area contributed by atoms with Gasteiger partial charge in [0.1, 0.15) is 4.47 Å². The van der Waals surface area contributed by atoms with Crippen LogP contribution in [0, 0.1) is 0 Å². The number of hydrogen-bond acceptors (Lipinski definition) is 4. The quantitative estimate of drug-likeness (QED) is 0.783. The average molecular weight is 348 g/mol. The van der Waals surface area contributed by atoms with Gasteiger partial charge in [-0.2, -0.15) is 16.9 Å². The van der Waals surface area contributed by atoms with Gasteiger partial charge in [0.05, 0.1) is 11.9 Å². The minimum absolute atomic E-state index is 0.0613. The molecule has 1 aromatic heterocycles. The van der Waals surface area contributed by atoms with E-state index in [1.54, 1.807) is 6.20 Å². The molecule has 108 valence electrons. The SMILES string of the molecule is CCCCn1ncc(NC(C)CSCC)c(Br)c1=O. The Balaban J connectivity index is 2.75. The lowest BCUT2D eigenvalue weighted by Gasteiger charge is -2.16. The molecule has 0 aliphatic rings. The summed E-state index contributed by atoms with van der Waals surface area (Å²) >= 11 is 5.26. The molecule has 0 radical (unpaired) electrons. The molecule has 0 fully saturated rings. The molecule has 0 amide bonds. The molecule has 0 aliphatic carbocycles. The van der Waals surface area contributed by atoms with E-state index < -0.39 is 0 Å². The Morgan fingerprint density at radius 2 is 2.26 bits per heavy atom. The van der Waals surface area contributed by atoms with Crippen LogP contribution >= 0.6 is 27.7 Å². The molecule has 0 bridgehead atoms. The van der Waals surface area contributed by atoms with Gasteiger partial charge in [-0.15, -0.1) is 0 Å². The van der Waals surface area contributed by atoms with Crippen LogP contribution in [0.4, 0.5) is 5.69 Å². The zero-order valence-corrected chi connectivity index (χ0v) is 14.2. The molecular formula is C13H22BrN3OS. The van der Waals surface area contributed by atoms with Crippen LogP contribution in [0.1, 0.15) is 33.6 Å². The summed E-state index contributed by atoms with van der Waals surface area (Å²) in [7, 11) is 0. The van der Waals surface area contributed by atoms with Crippen LogP contribution in [0.3, 0.4) is 0 Å². The van der Waals surface area contributed by atoms with Gasteiger partial charge < -0.3 is 5.32 Å². The third-order valence-corrected chi connectivity index (χ3v) is 4.59. The molecule has 1 unspecified atom stereocenters. The summed E-state index contributed by atoms with van der Waals surface area (Å²) in [5.41, 5.74) is 0.718. The van der Waals surface area contributed by atoms with Crippen molar-refractivity contribution in [2.75, 3.05) is 16.8 Å². The molecule has 1 N–H and O–H groups in total. The van der Waals surface area contributed by atoms with Crippen LogP contribution in [0.2, 0.25) is 0 Å². The fraction of sp³-hybridized carbons (Fsp3) is 0.692. The Hall–Kier alpha value is -0.490. The molecule has 1 heterocycles. The molecule has 1 aromatic rings. The summed E-state index contributed by atoms with van der Waals surface area (Å²) in [4.78, 5) is 12.1. The largest absolute Gasteiger partial charge is 0.379 e. The lowest BCUT2D eigenvalue weighted by atomic mass is 10.3. The maximum atomic E-state index is 12.1. The van der Waals surface area contributed by atoms with Crippen molar-refractivity contribution >= 4 is 33.4 Å². The van der Waals surface area contributed by atoms with E-state index in [2.05, 4.69) is 47.1 Å². The summed E-state index contributed by atoms with van der Waals surface area (Å²) in [5, 5.41) is 7.54. The molecule has 1 atom stereocenters. The number of aromatic nitrogens is 2. The Kier molecular flexibility index (Phi) is 7.53. The van der Waals surface area contributed by atoms with Gasteiger partial charge in [0.2, 0.25) is 0 Å². The van der Waals surface area contributed by atoms with E-state index in [0.717, 1.165) is 30.0 Å². The molecular weight excluding hydrogens is 326 g/mol. The van der Waals surface area contributed by atoms with Crippen molar-refractivity contribution in [3.8, 4) is 0 Å². The van der Waals surface area contributed by atoms with Crippen LogP contribution < -0.4 is 10.9 Å². The minimum atomic E-state index is -0.0613. The Morgan fingerprint density at radius 3 is 2.89 bits per heavy atom. The molecule has 0 saturated heterocycles. The van der Waals surface area contributed by atoms with Gasteiger partial charge >= 0.3 is 0 Å². The van der Waals surface area contributed by atoms with Gasteiger partial charge in [-0.1, -0.05) is 20.3 Å². The maximum Gasteiger partial charge on any atom is 0.283 e. The third-order valence-electron chi connectivity index (χ3n) is 2.68. The van der Waals surface area contributed by atoms with Gasteiger partial charge in [-0.3, -0.25) is 4.79 Å². The number of thioether (sulfide) groups is 1. The molecule has 6 heteroatoms. The van der Waals surface area contributed by atoms with Crippen LogP contribution in [-0.2, 0) is 6.54 Å². The number of halogens is 1. The molecule has 0 aromatic carbocycles. The Morgan fingerprint density at radius 1 is 1.53 bits per heavy atom. The van der Waals surface area contributed by atoms with E-state index in [0.29, 0.717) is 17.1 Å². The first kappa shape index (κ1) is 16.6. The standard InChI is InChI=1S/C13H22BrN3OS/c1-4-6-7-17-13(18)12(14)11(8-15-17)16-10(3)9-19-5-2/h8,10,16H,4-7,9H2,1-3H3. The average Bonchev–Trinajstić information content (AvgIpc) is 2.41. The van der Waals surface area contributed by atoms with E-state index in [1.165, 1.54) is 4.68 Å². The van der Waals surface area contributed by atoms with Gasteiger partial charge in [0, 0.05) is 18.3 Å². The molecule has 0 saturated carbocycles. The van der Waals surface area contributed by atoms with Crippen molar-refractivity contribution in [2.24, 2.45) is 0 Å². The minimum Gasteiger partial charge on any atom is -0.379 e. The fourth-order valence-corrected chi connectivity index (χ4v) is 2.73. The summed E-state index contributed by atoms with van der Waals surface area (Å²) in [6, 6.07) is 0.314. The van der Waals surface area contributed by atoms with Crippen molar-refractivity contribution in [3.05, 3.63) is 21.0 Å². The van der Waals surface area contributed by atoms with Crippen molar-refractivity contribution in [1.29, 1.82) is 0 Å². The predicted molar refractivity (Wildman–Crippen MR) is 87.2 cm³/mol. The van der Waals surface area contributed by atoms with Gasteiger partial charge in [-0.05, 0) is 35.0 Å². The number of unbranched alkanes of at least 4 members (excludes halogenated alkanes) is 1. The molecule has 0 aliphatic heterocycles. The number of rotatable bonds is 8. The van der Waals surface area contributed by atoms with E-state index in [4.69, 9.17) is 0 Å². The Labute approximate surface area is 127 Å². The first-order valence-electron chi connectivity index (χ1n) is 6.70. The first-order chi connectivity index (χ1) is 9.10. The van der Waals surface area contributed by atoms with E-state index in [1.807, 2.05) is 11.8 Å². The first-order valence-corrected chi connectivity index (χ1v) is 8.64. The normalized spacial score (nSPS) is 12.4. The maximum absolute atomic E-state index is 12.1. The summed E-state index contributed by atoms with van der Waals surface area (Å²) < 4.78 is 2.09. The highest BCUT2D eigenvalue weighted by Crippen LogP contribution is 2.18. The van der Waals surface area contributed by atoms with Crippen molar-refractivity contribution in [2.45, 2.75) is 46.2 Å². The van der Waals surface area contributed by atoms with Gasteiger partial charge in [0.25, 0.3) is 5.56 Å². The van der Waals surface area contributed by atoms with Gasteiger partial charge in [-0.25, -0.2) is 4.68 Å². The summed E-state index contributed by atoms with van der Waals surface area (Å²) in [6.07, 6.45) is 3.75. The summed E-state index contributed by atoms with van der Waals surface area (Å²) in [5.74, 6) is 2.12. The molecule has 0 spiro atoms. The van der Waals surface area contributed by atoms with Gasteiger partial charge in [0.15, 0.2) is 0 Å². The topological polar surface area (TPSA) is 46.9 Å². The lowest BCUT2D eigenvalue weighted by Crippen LogP contribution is -2.26. The smallest absolute Gasteiger partial charge is 0.283 e. The number of nitrogens with zero attached hydrogens (tertiary/aromatic N) is 2. The summed E-state index contributed by atoms with van der Waals surface area (Å²) in [6.45, 7) is 7.03. The number of anilines is 1. The van der Waals surface area contributed by atoms with Crippen molar-refractivity contribution < 1.29 is 0 Å². The Bertz CT molecular complexity index is 450. The highest BCUT2D eigenvalue weighted by molar-refractivity contribution is 9.10. The van der Waals surface area contributed by atoms with E-state index in [9.17, 15) is 4.79 Å². The highest BCUT2D eigenvalue weighted by Gasteiger charge is 2.10. The second-order valence-corrected chi connectivity index (χ2v) is 6.57. The lowest BCUT2D eigenvalue weighted by molar-refractivity contribution is 0.541. The van der Waals surface area contributed by atoms with Crippen LogP contribution in [0.15, 0.2) is 15.5 Å².